The molecule has 3 aliphatic heterocycles. The van der Waals surface area contributed by atoms with E-state index < -0.39 is 5.60 Å². The molecule has 32 heavy (non-hydrogen) atoms. The second-order valence-corrected chi connectivity index (χ2v) is 8.50. The smallest absolute Gasteiger partial charge is 0.340 e. The fourth-order valence-corrected chi connectivity index (χ4v) is 5.28. The van der Waals surface area contributed by atoms with Gasteiger partial charge in [-0.25, -0.2) is 4.79 Å². The van der Waals surface area contributed by atoms with E-state index in [1.807, 2.05) is 60.7 Å². The summed E-state index contributed by atoms with van der Waals surface area (Å²) in [5.41, 5.74) is 5.88. The van der Waals surface area contributed by atoms with Crippen molar-refractivity contribution in [1.29, 1.82) is 0 Å². The van der Waals surface area contributed by atoms with Gasteiger partial charge in [-0.05, 0) is 47.9 Å². The number of nitrogens with zero attached hydrogens (tertiary/aromatic N) is 1. The predicted molar refractivity (Wildman–Crippen MR) is 122 cm³/mol. The van der Waals surface area contributed by atoms with Crippen LogP contribution in [0.25, 0.3) is 0 Å². The van der Waals surface area contributed by atoms with Crippen molar-refractivity contribution in [3.63, 3.8) is 0 Å². The third-order valence-electron chi connectivity index (χ3n) is 6.77. The van der Waals surface area contributed by atoms with Crippen molar-refractivity contribution in [1.82, 2.24) is 0 Å². The van der Waals surface area contributed by atoms with E-state index in [1.165, 1.54) is 11.1 Å². The number of esters is 1. The largest absolute Gasteiger partial charge is 0.456 e. The highest BCUT2D eigenvalue weighted by Gasteiger charge is 2.53. The van der Waals surface area contributed by atoms with Gasteiger partial charge in [-0.3, -0.25) is 0 Å². The lowest BCUT2D eigenvalue weighted by molar-refractivity contribution is 0.0224. The molecule has 3 heterocycles. The number of anilines is 1. The van der Waals surface area contributed by atoms with Crippen LogP contribution in [-0.4, -0.2) is 12.5 Å². The minimum absolute atomic E-state index is 0.307. The standard InChI is InChI=1S/C28H19NO3/c30-27-21-14-13-20(29-16-18-7-1-2-8-19(18)17-29)15-24(21)28(32-27)22-9-3-5-11-25(22)31-26-12-6-4-10-23(26)28/h1-7,9-15,17H,8,16H2. The summed E-state index contributed by atoms with van der Waals surface area (Å²) in [6, 6.07) is 21.7. The Bertz CT molecular complexity index is 1370. The highest BCUT2D eigenvalue weighted by atomic mass is 16.6. The summed E-state index contributed by atoms with van der Waals surface area (Å²) in [6.45, 7) is 0.830. The number of benzene rings is 3. The highest BCUT2D eigenvalue weighted by molar-refractivity contribution is 5.97. The number of para-hydroxylation sites is 2. The van der Waals surface area contributed by atoms with Crippen molar-refractivity contribution in [2.45, 2.75) is 12.0 Å². The first kappa shape index (κ1) is 17.6. The van der Waals surface area contributed by atoms with Crippen LogP contribution in [0.4, 0.5) is 5.69 Å². The summed E-state index contributed by atoms with van der Waals surface area (Å²) in [7, 11) is 0. The van der Waals surface area contributed by atoms with Gasteiger partial charge in [0.25, 0.3) is 0 Å². The third kappa shape index (κ3) is 2.24. The lowest BCUT2D eigenvalue weighted by atomic mass is 9.77. The van der Waals surface area contributed by atoms with E-state index in [4.69, 9.17) is 9.47 Å². The van der Waals surface area contributed by atoms with Gasteiger partial charge in [-0.1, -0.05) is 54.6 Å². The zero-order valence-corrected chi connectivity index (χ0v) is 17.2. The normalized spacial score (nSPS) is 18.8. The molecule has 4 nitrogen and oxygen atoms in total. The number of rotatable bonds is 1. The Hall–Kier alpha value is -4.05. The third-order valence-corrected chi connectivity index (χ3v) is 6.77. The Morgan fingerprint density at radius 1 is 0.844 bits per heavy atom. The maximum Gasteiger partial charge on any atom is 0.340 e. The number of carbonyl (C=O) groups excluding carboxylic acids is 1. The van der Waals surface area contributed by atoms with Crippen molar-refractivity contribution in [3.8, 4) is 11.5 Å². The number of hydrogen-bond donors (Lipinski definition) is 0. The summed E-state index contributed by atoms with van der Waals surface area (Å²) in [5, 5.41) is 0. The molecule has 7 rings (SSSR count). The fraction of sp³-hybridized carbons (Fsp3) is 0.107. The van der Waals surface area contributed by atoms with Gasteiger partial charge in [0.05, 0.1) is 5.56 Å². The number of hydrogen-bond acceptors (Lipinski definition) is 4. The lowest BCUT2D eigenvalue weighted by Crippen LogP contribution is -2.33. The van der Waals surface area contributed by atoms with Crippen LogP contribution in [0.5, 0.6) is 11.5 Å². The Balaban J connectivity index is 1.45. The number of allylic oxidation sites excluding steroid dienone is 3. The van der Waals surface area contributed by atoms with E-state index in [0.29, 0.717) is 17.1 Å². The molecule has 0 amide bonds. The molecular formula is C28H19NO3. The van der Waals surface area contributed by atoms with E-state index in [9.17, 15) is 4.79 Å². The molecule has 1 aliphatic carbocycles. The number of ether oxygens (including phenoxy) is 2. The minimum atomic E-state index is -1.02. The number of fused-ring (bicyclic) bond motifs is 7. The molecule has 3 aromatic rings. The summed E-state index contributed by atoms with van der Waals surface area (Å²) in [6.07, 6.45) is 9.65. The predicted octanol–water partition coefficient (Wildman–Crippen LogP) is 5.84. The molecule has 1 spiro atoms. The summed E-state index contributed by atoms with van der Waals surface area (Å²) in [5.74, 6) is 1.11. The zero-order valence-electron chi connectivity index (χ0n) is 17.2. The van der Waals surface area contributed by atoms with Gasteiger partial charge in [0.15, 0.2) is 5.60 Å². The van der Waals surface area contributed by atoms with Gasteiger partial charge in [0.1, 0.15) is 11.5 Å². The highest BCUT2D eigenvalue weighted by Crippen LogP contribution is 2.56. The van der Waals surface area contributed by atoms with E-state index in [-0.39, 0.29) is 5.97 Å². The van der Waals surface area contributed by atoms with Crippen molar-refractivity contribution in [2.75, 3.05) is 11.4 Å². The van der Waals surface area contributed by atoms with Gasteiger partial charge >= 0.3 is 5.97 Å². The Morgan fingerprint density at radius 3 is 2.34 bits per heavy atom. The van der Waals surface area contributed by atoms with E-state index in [0.717, 1.165) is 35.3 Å². The van der Waals surface area contributed by atoms with Crippen molar-refractivity contribution >= 4 is 11.7 Å². The van der Waals surface area contributed by atoms with Crippen LogP contribution >= 0.6 is 0 Å². The molecule has 0 saturated carbocycles. The van der Waals surface area contributed by atoms with E-state index in [2.05, 4.69) is 35.4 Å². The SMILES string of the molecule is O=C1OC2(c3ccccc3Oc3ccccc32)c2cc(N3C=C4CC=CC=C4C3)ccc21. The Kier molecular flexibility index (Phi) is 3.43. The zero-order chi connectivity index (χ0) is 21.3. The summed E-state index contributed by atoms with van der Waals surface area (Å²) in [4.78, 5) is 15.3. The van der Waals surface area contributed by atoms with Crippen molar-refractivity contribution < 1.29 is 14.3 Å². The first-order valence-corrected chi connectivity index (χ1v) is 10.8. The average Bonchev–Trinajstić information content (AvgIpc) is 3.39. The minimum Gasteiger partial charge on any atom is -0.456 e. The molecular weight excluding hydrogens is 398 g/mol. The maximum atomic E-state index is 13.1. The topological polar surface area (TPSA) is 38.8 Å². The summed E-state index contributed by atoms with van der Waals surface area (Å²) < 4.78 is 12.4. The van der Waals surface area contributed by atoms with Gasteiger partial charge < -0.3 is 14.4 Å². The second kappa shape index (κ2) is 6.24. The summed E-state index contributed by atoms with van der Waals surface area (Å²) >= 11 is 0. The van der Waals surface area contributed by atoms with Crippen LogP contribution in [0, 0.1) is 0 Å². The van der Waals surface area contributed by atoms with Crippen molar-refractivity contribution in [3.05, 3.63) is 125 Å². The van der Waals surface area contributed by atoms with Gasteiger partial charge in [-0.2, -0.15) is 0 Å². The average molecular weight is 417 g/mol. The van der Waals surface area contributed by atoms with E-state index >= 15 is 0 Å². The Morgan fingerprint density at radius 2 is 1.59 bits per heavy atom. The fourth-order valence-electron chi connectivity index (χ4n) is 5.28. The first-order valence-electron chi connectivity index (χ1n) is 10.8. The lowest BCUT2D eigenvalue weighted by Gasteiger charge is -2.36. The molecule has 0 unspecified atom stereocenters. The molecule has 0 radical (unpaired) electrons. The molecule has 154 valence electrons. The van der Waals surface area contributed by atoms with Gasteiger partial charge in [-0.15, -0.1) is 0 Å². The molecule has 4 aliphatic rings. The second-order valence-electron chi connectivity index (χ2n) is 8.50. The molecule has 0 aromatic heterocycles. The molecule has 0 saturated heterocycles. The van der Waals surface area contributed by atoms with Crippen LogP contribution < -0.4 is 9.64 Å². The molecule has 3 aromatic carbocycles. The quantitative estimate of drug-likeness (QED) is 0.466. The molecule has 4 heteroatoms. The van der Waals surface area contributed by atoms with Crippen molar-refractivity contribution in [2.24, 2.45) is 0 Å². The van der Waals surface area contributed by atoms with Crippen LogP contribution in [0.3, 0.4) is 0 Å². The van der Waals surface area contributed by atoms with Crippen LogP contribution in [0.15, 0.2) is 102 Å². The van der Waals surface area contributed by atoms with Gasteiger partial charge in [0.2, 0.25) is 0 Å². The number of carbonyl (C=O) groups is 1. The first-order chi connectivity index (χ1) is 15.7. The molecule has 0 bridgehead atoms. The molecule has 0 atom stereocenters. The molecule has 0 fully saturated rings. The maximum absolute atomic E-state index is 13.1. The van der Waals surface area contributed by atoms with E-state index in [1.54, 1.807) is 0 Å². The Labute approximate surface area is 185 Å². The van der Waals surface area contributed by atoms with Crippen LogP contribution in [0.1, 0.15) is 33.5 Å². The molecule has 0 N–H and O–H groups in total. The van der Waals surface area contributed by atoms with Crippen LogP contribution in [-0.2, 0) is 10.3 Å². The van der Waals surface area contributed by atoms with Gasteiger partial charge in [0, 0.05) is 35.1 Å². The monoisotopic (exact) mass is 417 g/mol. The van der Waals surface area contributed by atoms with Crippen LogP contribution in [0.2, 0.25) is 0 Å².